The molecule has 244 valence electrons. The summed E-state index contributed by atoms with van der Waals surface area (Å²) in [7, 11) is 3.40. The van der Waals surface area contributed by atoms with Gasteiger partial charge in [-0.1, -0.05) is 75.6 Å². The van der Waals surface area contributed by atoms with Crippen molar-refractivity contribution in [2.24, 2.45) is 23.7 Å². The van der Waals surface area contributed by atoms with Gasteiger partial charge < -0.3 is 9.47 Å². The van der Waals surface area contributed by atoms with Crippen molar-refractivity contribution in [3.05, 3.63) is 59.7 Å². The second-order valence-corrected chi connectivity index (χ2v) is 14.8. The summed E-state index contributed by atoms with van der Waals surface area (Å²) in [4.78, 5) is 12.5. The Morgan fingerprint density at radius 3 is 1.32 bits per heavy atom. The van der Waals surface area contributed by atoms with E-state index >= 15 is 0 Å². The van der Waals surface area contributed by atoms with E-state index in [1.807, 2.05) is 24.3 Å². The van der Waals surface area contributed by atoms with Crippen LogP contribution < -0.4 is 9.47 Å². The van der Waals surface area contributed by atoms with E-state index in [-0.39, 0.29) is 10.8 Å². The highest BCUT2D eigenvalue weighted by atomic mass is 35.5. The predicted octanol–water partition coefficient (Wildman–Crippen LogP) is 11.0. The second kappa shape index (κ2) is 19.1. The van der Waals surface area contributed by atoms with Crippen LogP contribution in [0.25, 0.3) is 0 Å². The van der Waals surface area contributed by atoms with E-state index in [0.717, 1.165) is 61.9 Å². The van der Waals surface area contributed by atoms with Gasteiger partial charge in [0, 0.05) is 23.6 Å². The average Bonchev–Trinajstić information content (AvgIpc) is 3.06. The lowest BCUT2D eigenvalue weighted by atomic mass is 9.77. The molecule has 5 heteroatoms. The van der Waals surface area contributed by atoms with Crippen molar-refractivity contribution in [1.29, 1.82) is 0 Å². The normalized spacial score (nSPS) is 23.5. The van der Waals surface area contributed by atoms with Gasteiger partial charge in [-0.15, -0.1) is 23.2 Å². The first-order chi connectivity index (χ1) is 21.4. The van der Waals surface area contributed by atoms with Crippen molar-refractivity contribution in [2.75, 3.05) is 14.2 Å². The Bertz CT molecular complexity index is 984. The third-order valence-electron chi connectivity index (χ3n) is 10.6. The van der Waals surface area contributed by atoms with Gasteiger partial charge in [0.15, 0.2) is 0 Å². The molecule has 0 saturated heterocycles. The van der Waals surface area contributed by atoms with Gasteiger partial charge in [0.1, 0.15) is 17.3 Å². The van der Waals surface area contributed by atoms with Gasteiger partial charge in [0.25, 0.3) is 0 Å². The first kappa shape index (κ1) is 35.1. The third-order valence-corrected chi connectivity index (χ3v) is 11.6. The fraction of sp³-hybridized carbons (Fsp3) is 0.667. The minimum atomic E-state index is 0.214. The highest BCUT2D eigenvalue weighted by molar-refractivity contribution is 6.21. The van der Waals surface area contributed by atoms with Gasteiger partial charge in [-0.05, 0) is 110 Å². The number of hydrogen-bond donors (Lipinski definition) is 0. The Morgan fingerprint density at radius 2 is 0.977 bits per heavy atom. The van der Waals surface area contributed by atoms with Crippen LogP contribution >= 0.6 is 23.2 Å². The van der Waals surface area contributed by atoms with Gasteiger partial charge in [-0.25, -0.2) is 0 Å². The van der Waals surface area contributed by atoms with E-state index in [0.29, 0.717) is 17.6 Å². The van der Waals surface area contributed by atoms with E-state index < -0.39 is 0 Å². The fourth-order valence-electron chi connectivity index (χ4n) is 7.62. The van der Waals surface area contributed by atoms with Crippen molar-refractivity contribution >= 4 is 29.0 Å². The minimum absolute atomic E-state index is 0.214. The molecule has 0 heterocycles. The Balaban J connectivity index is 0.980. The molecule has 0 radical (unpaired) electrons. The molecule has 2 unspecified atom stereocenters. The quantitative estimate of drug-likeness (QED) is 0.120. The van der Waals surface area contributed by atoms with Crippen LogP contribution in [0.1, 0.15) is 114 Å². The minimum Gasteiger partial charge on any atom is -0.497 e. The first-order valence-corrected chi connectivity index (χ1v) is 18.4. The van der Waals surface area contributed by atoms with Gasteiger partial charge in [-0.2, -0.15) is 0 Å². The van der Waals surface area contributed by atoms with Crippen LogP contribution in [-0.2, 0) is 17.6 Å². The van der Waals surface area contributed by atoms with E-state index in [1.54, 1.807) is 14.2 Å². The molecule has 0 aliphatic heterocycles. The van der Waals surface area contributed by atoms with Gasteiger partial charge in [0.05, 0.1) is 14.2 Å². The van der Waals surface area contributed by atoms with E-state index in [4.69, 9.17) is 32.7 Å². The molecule has 2 aliphatic carbocycles. The lowest BCUT2D eigenvalue weighted by Crippen LogP contribution is -2.24. The monoisotopic (exact) mass is 642 g/mol. The number of alkyl halides is 2. The Hall–Kier alpha value is -1.71. The van der Waals surface area contributed by atoms with E-state index in [2.05, 4.69) is 24.3 Å². The van der Waals surface area contributed by atoms with Crippen molar-refractivity contribution < 1.29 is 14.3 Å². The molecule has 2 atom stereocenters. The molecule has 4 rings (SSSR count). The summed E-state index contributed by atoms with van der Waals surface area (Å²) in [6.45, 7) is 0. The maximum absolute atomic E-state index is 12.5. The number of Topliss-reactive ketones (excluding diaryl/α,β-unsaturated/α-hetero) is 1. The summed E-state index contributed by atoms with van der Waals surface area (Å²) in [5, 5.41) is 0.427. The number of halogens is 2. The number of methoxy groups -OCH3 is 2. The van der Waals surface area contributed by atoms with Crippen molar-refractivity contribution in [1.82, 2.24) is 0 Å². The molecule has 2 aromatic rings. The molecular weight excluding hydrogens is 587 g/mol. The predicted molar refractivity (Wildman–Crippen MR) is 186 cm³/mol. The number of rotatable bonds is 18. The molecule has 3 nitrogen and oxygen atoms in total. The van der Waals surface area contributed by atoms with Gasteiger partial charge in [-0.3, -0.25) is 4.79 Å². The molecule has 2 aliphatic rings. The lowest BCUT2D eigenvalue weighted by molar-refractivity contribution is -0.119. The maximum atomic E-state index is 12.5. The van der Waals surface area contributed by atoms with Gasteiger partial charge >= 0.3 is 0 Å². The number of hydrogen-bond acceptors (Lipinski definition) is 3. The number of ketones is 1. The zero-order chi connectivity index (χ0) is 31.1. The topological polar surface area (TPSA) is 35.5 Å². The summed E-state index contributed by atoms with van der Waals surface area (Å²) in [6, 6.07) is 16.6. The summed E-state index contributed by atoms with van der Waals surface area (Å²) in [6.07, 6.45) is 20.6. The molecule has 0 spiro atoms. The molecule has 0 aromatic heterocycles. The SMILES string of the molecule is COc1ccc(CC(Cl)C2CCC(CCCCC(=O)CCCC[C@H]3CC[C@H](C(Cl)Cc4ccc(OC)cc4)CC3)CC2)cc1. The van der Waals surface area contributed by atoms with Crippen LogP contribution in [0.3, 0.4) is 0 Å². The Morgan fingerprint density at radius 1 is 0.614 bits per heavy atom. The van der Waals surface area contributed by atoms with Crippen LogP contribution in [-0.4, -0.2) is 30.8 Å². The molecule has 2 saturated carbocycles. The second-order valence-electron chi connectivity index (χ2n) is 13.7. The number of benzene rings is 2. The zero-order valence-corrected chi connectivity index (χ0v) is 28.8. The fourth-order valence-corrected chi connectivity index (χ4v) is 8.48. The zero-order valence-electron chi connectivity index (χ0n) is 27.3. The number of carbonyl (C=O) groups excluding carboxylic acids is 1. The van der Waals surface area contributed by atoms with Crippen molar-refractivity contribution in [2.45, 2.75) is 126 Å². The molecule has 0 N–H and O–H groups in total. The lowest BCUT2D eigenvalue weighted by Gasteiger charge is -2.31. The number of carbonyl (C=O) groups is 1. The summed E-state index contributed by atoms with van der Waals surface area (Å²) in [5.74, 6) is 5.15. The van der Waals surface area contributed by atoms with Crippen LogP contribution in [0.15, 0.2) is 48.5 Å². The molecule has 0 amide bonds. The summed E-state index contributed by atoms with van der Waals surface area (Å²) in [5.41, 5.74) is 2.59. The van der Waals surface area contributed by atoms with E-state index in [1.165, 1.54) is 88.2 Å². The van der Waals surface area contributed by atoms with Gasteiger partial charge in [0.2, 0.25) is 0 Å². The average molecular weight is 644 g/mol. The highest BCUT2D eigenvalue weighted by Gasteiger charge is 2.27. The Labute approximate surface area is 277 Å². The highest BCUT2D eigenvalue weighted by Crippen LogP contribution is 2.38. The standard InChI is InChI=1S/C39H56Cl2O3/c1-43-36-23-15-31(16-24-36)27-38(40)33-19-11-29(12-20-33)7-3-5-9-35(42)10-6-4-8-30-13-21-34(22-14-30)39(41)28-32-17-25-37(44-2)26-18-32/h15-18,23-26,29-30,33-34,38-39H,3-14,19-22,27-28H2,1-2H3/t29-,30?,33-,34?,38?,39?. The maximum Gasteiger partial charge on any atom is 0.132 e. The smallest absolute Gasteiger partial charge is 0.132 e. The summed E-state index contributed by atoms with van der Waals surface area (Å²) < 4.78 is 10.5. The van der Waals surface area contributed by atoms with Crippen LogP contribution in [0.5, 0.6) is 11.5 Å². The summed E-state index contributed by atoms with van der Waals surface area (Å²) >= 11 is 13.7. The third kappa shape index (κ3) is 11.9. The first-order valence-electron chi connectivity index (χ1n) is 17.5. The number of ether oxygens (including phenoxy) is 2. The van der Waals surface area contributed by atoms with Crippen LogP contribution in [0, 0.1) is 23.7 Å². The Kier molecular flexibility index (Phi) is 15.2. The molecule has 2 fully saturated rings. The van der Waals surface area contributed by atoms with Crippen LogP contribution in [0.4, 0.5) is 0 Å². The molecule has 2 aromatic carbocycles. The van der Waals surface area contributed by atoms with Crippen LogP contribution in [0.2, 0.25) is 0 Å². The molecule has 44 heavy (non-hydrogen) atoms. The molecule has 0 bridgehead atoms. The number of unbranched alkanes of at least 4 members (excludes halogenated alkanes) is 2. The largest absolute Gasteiger partial charge is 0.497 e. The van der Waals surface area contributed by atoms with Crippen molar-refractivity contribution in [3.8, 4) is 11.5 Å². The van der Waals surface area contributed by atoms with E-state index in [9.17, 15) is 4.79 Å². The molecular formula is C39H56Cl2O3. The van der Waals surface area contributed by atoms with Crippen molar-refractivity contribution in [3.63, 3.8) is 0 Å².